The number of aliphatic imine (C=N–C) groups is 1. The molecule has 0 aliphatic carbocycles. The molecule has 3 aromatic rings. The third-order valence-corrected chi connectivity index (χ3v) is 7.82. The number of para-hydroxylation sites is 2. The zero-order valence-corrected chi connectivity index (χ0v) is 23.7. The highest BCUT2D eigenvalue weighted by Crippen LogP contribution is 2.30. The van der Waals surface area contributed by atoms with Crippen LogP contribution in [0.5, 0.6) is 0 Å². The van der Waals surface area contributed by atoms with Crippen LogP contribution in [0.4, 0.5) is 14.7 Å². The number of morpholine rings is 2. The number of alkyl halides is 2. The van der Waals surface area contributed by atoms with E-state index in [1.165, 1.54) is 4.57 Å². The summed E-state index contributed by atoms with van der Waals surface area (Å²) in [5.41, 5.74) is 6.62. The number of anilines is 1. The molecule has 0 amide bonds. The van der Waals surface area contributed by atoms with Crippen LogP contribution in [0.25, 0.3) is 17.0 Å². The minimum absolute atomic E-state index is 0.0405. The van der Waals surface area contributed by atoms with Crippen LogP contribution in [0.2, 0.25) is 0 Å². The van der Waals surface area contributed by atoms with Crippen molar-refractivity contribution < 1.29 is 18.3 Å². The summed E-state index contributed by atoms with van der Waals surface area (Å²) in [4.78, 5) is 29.4. The molecule has 42 heavy (non-hydrogen) atoms. The van der Waals surface area contributed by atoms with E-state index in [0.717, 1.165) is 51.6 Å². The van der Waals surface area contributed by atoms with Crippen LogP contribution in [0.3, 0.4) is 0 Å². The Labute approximate surface area is 242 Å². The summed E-state index contributed by atoms with van der Waals surface area (Å²) in [6, 6.07) is 6.92. The zero-order chi connectivity index (χ0) is 29.1. The first-order valence-corrected chi connectivity index (χ1v) is 14.3. The molecule has 224 valence electrons. The number of aromatic nitrogens is 5. The van der Waals surface area contributed by atoms with Crippen LogP contribution in [-0.4, -0.2) is 113 Å². The van der Waals surface area contributed by atoms with Crippen molar-refractivity contribution in [3.63, 3.8) is 0 Å². The molecular weight excluding hydrogens is 546 g/mol. The Morgan fingerprint density at radius 3 is 2.40 bits per heavy atom. The van der Waals surface area contributed by atoms with Gasteiger partial charge in [0, 0.05) is 52.5 Å². The fraction of sp³-hybridized carbons (Fsp3) is 0.536. The van der Waals surface area contributed by atoms with Crippen LogP contribution in [0.1, 0.15) is 30.9 Å². The van der Waals surface area contributed by atoms with E-state index in [2.05, 4.69) is 29.7 Å². The highest BCUT2D eigenvalue weighted by molar-refractivity contribution is 5.78. The van der Waals surface area contributed by atoms with Crippen molar-refractivity contribution in [3.05, 3.63) is 47.8 Å². The first-order chi connectivity index (χ1) is 20.4. The minimum Gasteiger partial charge on any atom is -0.379 e. The van der Waals surface area contributed by atoms with E-state index < -0.39 is 17.8 Å². The number of ether oxygens (including phenoxy) is 2. The maximum absolute atomic E-state index is 14.2. The van der Waals surface area contributed by atoms with E-state index >= 15 is 0 Å². The topological polar surface area (TPSA) is 123 Å². The molecule has 1 aromatic carbocycles. The van der Waals surface area contributed by atoms with Crippen molar-refractivity contribution in [2.24, 2.45) is 10.7 Å². The summed E-state index contributed by atoms with van der Waals surface area (Å²) >= 11 is 0. The van der Waals surface area contributed by atoms with E-state index in [4.69, 9.17) is 20.2 Å². The molecule has 1 unspecified atom stereocenters. The number of hydrogen-bond acceptors (Lipinski definition) is 11. The molecule has 2 fully saturated rings. The van der Waals surface area contributed by atoms with Gasteiger partial charge >= 0.3 is 0 Å². The van der Waals surface area contributed by atoms with E-state index in [9.17, 15) is 8.78 Å². The van der Waals surface area contributed by atoms with Crippen LogP contribution in [0.15, 0.2) is 41.2 Å². The average Bonchev–Trinajstić information content (AvgIpc) is 3.42. The molecular formula is C28H36F2N10O2. The van der Waals surface area contributed by atoms with Crippen LogP contribution in [0, 0.1) is 0 Å². The lowest BCUT2D eigenvalue weighted by Gasteiger charge is -2.31. The maximum Gasteiger partial charge on any atom is 0.296 e. The van der Waals surface area contributed by atoms with Crippen molar-refractivity contribution in [1.29, 1.82) is 0 Å². The quantitative estimate of drug-likeness (QED) is 0.401. The maximum atomic E-state index is 14.2. The molecule has 3 aliphatic heterocycles. The largest absolute Gasteiger partial charge is 0.379 e. The normalized spacial score (nSPS) is 21.7. The van der Waals surface area contributed by atoms with Crippen molar-refractivity contribution in [1.82, 2.24) is 34.3 Å². The van der Waals surface area contributed by atoms with Gasteiger partial charge in [-0.3, -0.25) is 9.47 Å². The molecule has 2 saturated heterocycles. The van der Waals surface area contributed by atoms with Gasteiger partial charge in [-0.05, 0) is 31.1 Å². The van der Waals surface area contributed by atoms with Crippen LogP contribution < -0.4 is 10.6 Å². The third-order valence-electron chi connectivity index (χ3n) is 7.82. The third kappa shape index (κ3) is 5.98. The number of nitrogens with zero attached hydrogens (tertiary/aromatic N) is 9. The van der Waals surface area contributed by atoms with E-state index in [0.29, 0.717) is 49.7 Å². The van der Waals surface area contributed by atoms with Crippen molar-refractivity contribution in [3.8, 4) is 5.95 Å². The van der Waals surface area contributed by atoms with Crippen molar-refractivity contribution >= 4 is 23.2 Å². The first-order valence-electron chi connectivity index (χ1n) is 14.3. The summed E-state index contributed by atoms with van der Waals surface area (Å²) in [7, 11) is 2.01. The number of nitrogens with two attached hydrogens (primary N) is 1. The highest BCUT2D eigenvalue weighted by Gasteiger charge is 2.34. The fourth-order valence-electron chi connectivity index (χ4n) is 5.39. The van der Waals surface area contributed by atoms with E-state index in [1.807, 2.05) is 18.0 Å². The molecule has 1 atom stereocenters. The smallest absolute Gasteiger partial charge is 0.296 e. The Morgan fingerprint density at radius 2 is 1.69 bits per heavy atom. The molecule has 0 bridgehead atoms. The lowest BCUT2D eigenvalue weighted by Crippen LogP contribution is -2.44. The molecule has 2 aromatic heterocycles. The molecule has 14 heteroatoms. The number of rotatable bonds is 9. The summed E-state index contributed by atoms with van der Waals surface area (Å²) < 4.78 is 40.6. The summed E-state index contributed by atoms with van der Waals surface area (Å²) in [6.45, 7) is 7.49. The summed E-state index contributed by atoms with van der Waals surface area (Å²) in [5, 5.41) is 0. The molecule has 0 radical (unpaired) electrons. The highest BCUT2D eigenvalue weighted by atomic mass is 19.3. The van der Waals surface area contributed by atoms with Crippen molar-refractivity contribution in [2.75, 3.05) is 77.6 Å². The molecule has 12 nitrogen and oxygen atoms in total. The fourth-order valence-corrected chi connectivity index (χ4v) is 5.39. The first kappa shape index (κ1) is 28.5. The van der Waals surface area contributed by atoms with Crippen LogP contribution >= 0.6 is 0 Å². The molecule has 0 saturated carbocycles. The van der Waals surface area contributed by atoms with Gasteiger partial charge in [-0.2, -0.15) is 15.0 Å². The van der Waals surface area contributed by atoms with Crippen LogP contribution in [-0.2, 0) is 15.0 Å². The monoisotopic (exact) mass is 582 g/mol. The molecule has 5 heterocycles. The van der Waals surface area contributed by atoms with Gasteiger partial charge in [-0.1, -0.05) is 12.1 Å². The predicted octanol–water partition coefficient (Wildman–Crippen LogP) is 2.11. The molecule has 3 aliphatic rings. The number of imidazole rings is 1. The number of benzene rings is 1. The Morgan fingerprint density at radius 1 is 0.976 bits per heavy atom. The van der Waals surface area contributed by atoms with Gasteiger partial charge in [0.25, 0.3) is 6.43 Å². The molecule has 2 N–H and O–H groups in total. The van der Waals surface area contributed by atoms with Gasteiger partial charge in [0.15, 0.2) is 11.6 Å². The van der Waals surface area contributed by atoms with E-state index in [-0.39, 0.29) is 11.8 Å². The summed E-state index contributed by atoms with van der Waals surface area (Å²) in [5.74, 6) is 1.02. The van der Waals surface area contributed by atoms with Crippen molar-refractivity contribution in [2.45, 2.75) is 24.8 Å². The van der Waals surface area contributed by atoms with Gasteiger partial charge < -0.3 is 25.0 Å². The van der Waals surface area contributed by atoms with Gasteiger partial charge in [0.2, 0.25) is 11.9 Å². The Hall–Kier alpha value is -3.59. The Bertz CT molecular complexity index is 1450. The SMILES string of the molecule is CN(CCCN1CCOCC1)C1=CCC(N)(c2nc(N3CCOCC3)nc(-n3c(C(F)F)nc4ccccc43)n2)C=N1. The standard InChI is InChI=1S/C28H36F2N10O2/c1-37(9-4-10-38-11-15-41-16-12-38)22-7-8-28(31,19-32-22)25-34-26(39-13-17-42-18-14-39)36-27(35-25)40-21-6-3-2-5-20(21)33-24(40)23(29)30/h2-3,5-7,19,23H,4,8-18,31H2,1H3. The Balaban J connectivity index is 1.28. The number of fused-ring (bicyclic) bond motifs is 1. The zero-order valence-electron chi connectivity index (χ0n) is 23.7. The molecule has 6 rings (SSSR count). The number of halogens is 2. The van der Waals surface area contributed by atoms with Gasteiger partial charge in [-0.15, -0.1) is 0 Å². The lowest BCUT2D eigenvalue weighted by molar-refractivity contribution is 0.0367. The second kappa shape index (κ2) is 12.3. The second-order valence-corrected chi connectivity index (χ2v) is 10.7. The minimum atomic E-state index is -2.84. The van der Waals surface area contributed by atoms with Gasteiger partial charge in [-0.25, -0.2) is 18.8 Å². The van der Waals surface area contributed by atoms with Gasteiger partial charge in [0.05, 0.1) is 37.5 Å². The average molecular weight is 583 g/mol. The molecule has 0 spiro atoms. The lowest BCUT2D eigenvalue weighted by atomic mass is 9.95. The summed E-state index contributed by atoms with van der Waals surface area (Å²) in [6.07, 6.45) is 2.18. The van der Waals surface area contributed by atoms with E-state index in [1.54, 1.807) is 30.5 Å². The number of hydrogen-bond donors (Lipinski definition) is 1. The predicted molar refractivity (Wildman–Crippen MR) is 154 cm³/mol. The second-order valence-electron chi connectivity index (χ2n) is 10.7. The Kier molecular flexibility index (Phi) is 8.38. The van der Waals surface area contributed by atoms with Gasteiger partial charge in [0.1, 0.15) is 11.4 Å².